The van der Waals surface area contributed by atoms with Gasteiger partial charge >= 0.3 is 0 Å². The summed E-state index contributed by atoms with van der Waals surface area (Å²) < 4.78 is 0. The number of hydrogen-bond acceptors (Lipinski definition) is 3. The molecule has 0 unspecified atom stereocenters. The van der Waals surface area contributed by atoms with Crippen LogP contribution in [0.15, 0.2) is 48.8 Å². The Hall–Kier alpha value is -2.69. The van der Waals surface area contributed by atoms with Crippen molar-refractivity contribution in [2.45, 2.75) is 39.5 Å². The molecule has 1 aliphatic heterocycles. The third kappa shape index (κ3) is 4.41. The number of hydrogen-bond donors (Lipinski definition) is 1. The molecule has 28 heavy (non-hydrogen) atoms. The summed E-state index contributed by atoms with van der Waals surface area (Å²) in [5.41, 5.74) is 2.98. The molecule has 5 nitrogen and oxygen atoms in total. The number of rotatable bonds is 6. The molecule has 2 aromatic rings. The molecule has 5 heteroatoms. The fourth-order valence-electron chi connectivity index (χ4n) is 3.99. The standard InChI is InChI=1S/C23H29N3O2/c1-3-21(27)26-15-11-23(12-16-26,22(28)25-4-2)17-18-5-7-19(8-6-18)20-9-13-24-14-10-20/h5-10,13-14H,3-4,11-12,15-17H2,1-2H3,(H,25,28). The van der Waals surface area contributed by atoms with Crippen LogP contribution in [0.4, 0.5) is 0 Å². The molecule has 0 spiro atoms. The van der Waals surface area contributed by atoms with Gasteiger partial charge in [-0.1, -0.05) is 31.2 Å². The molecule has 0 aliphatic carbocycles. The molecular formula is C23H29N3O2. The SMILES string of the molecule is CCNC(=O)C1(Cc2ccc(-c3ccncc3)cc2)CCN(C(=O)CC)CC1. The highest BCUT2D eigenvalue weighted by atomic mass is 16.2. The lowest BCUT2D eigenvalue weighted by Gasteiger charge is -2.41. The zero-order valence-corrected chi connectivity index (χ0v) is 16.8. The van der Waals surface area contributed by atoms with Crippen LogP contribution in [0.5, 0.6) is 0 Å². The van der Waals surface area contributed by atoms with E-state index < -0.39 is 5.41 Å². The van der Waals surface area contributed by atoms with E-state index in [1.54, 1.807) is 12.4 Å². The molecule has 1 aliphatic rings. The van der Waals surface area contributed by atoms with Crippen molar-refractivity contribution in [3.63, 3.8) is 0 Å². The fraction of sp³-hybridized carbons (Fsp3) is 0.435. The molecule has 1 fully saturated rings. The van der Waals surface area contributed by atoms with Gasteiger partial charge in [0.25, 0.3) is 0 Å². The van der Waals surface area contributed by atoms with Crippen molar-refractivity contribution in [2.75, 3.05) is 19.6 Å². The number of carbonyl (C=O) groups is 2. The van der Waals surface area contributed by atoms with E-state index in [9.17, 15) is 9.59 Å². The summed E-state index contributed by atoms with van der Waals surface area (Å²) >= 11 is 0. The first kappa shape index (κ1) is 20.1. The Bertz CT molecular complexity index is 794. The molecule has 2 amide bonds. The van der Waals surface area contributed by atoms with Gasteiger partial charge in [0.2, 0.25) is 11.8 Å². The van der Waals surface area contributed by atoms with Gasteiger partial charge in [-0.15, -0.1) is 0 Å². The smallest absolute Gasteiger partial charge is 0.226 e. The summed E-state index contributed by atoms with van der Waals surface area (Å²) in [5, 5.41) is 3.02. The third-order valence-corrected chi connectivity index (χ3v) is 5.70. The normalized spacial score (nSPS) is 15.9. The molecule has 0 saturated carbocycles. The first-order valence-corrected chi connectivity index (χ1v) is 10.1. The van der Waals surface area contributed by atoms with Crippen molar-refractivity contribution in [1.82, 2.24) is 15.2 Å². The minimum Gasteiger partial charge on any atom is -0.356 e. The highest BCUT2D eigenvalue weighted by Crippen LogP contribution is 2.36. The Morgan fingerprint density at radius 2 is 1.61 bits per heavy atom. The molecule has 148 valence electrons. The van der Waals surface area contributed by atoms with Gasteiger partial charge in [-0.3, -0.25) is 14.6 Å². The van der Waals surface area contributed by atoms with E-state index in [2.05, 4.69) is 34.6 Å². The number of aromatic nitrogens is 1. The largest absolute Gasteiger partial charge is 0.356 e. The molecule has 1 aromatic heterocycles. The number of nitrogens with one attached hydrogen (secondary N) is 1. The summed E-state index contributed by atoms with van der Waals surface area (Å²) in [6.07, 6.45) is 6.21. The van der Waals surface area contributed by atoms with Gasteiger partial charge in [-0.05, 0) is 55.0 Å². The van der Waals surface area contributed by atoms with E-state index in [4.69, 9.17) is 0 Å². The van der Waals surface area contributed by atoms with Crippen LogP contribution in [0.25, 0.3) is 11.1 Å². The lowest BCUT2D eigenvalue weighted by atomic mass is 9.72. The lowest BCUT2D eigenvalue weighted by molar-refractivity contribution is -0.140. The first-order valence-electron chi connectivity index (χ1n) is 10.1. The van der Waals surface area contributed by atoms with Gasteiger partial charge in [0.15, 0.2) is 0 Å². The molecule has 1 saturated heterocycles. The van der Waals surface area contributed by atoms with Crippen LogP contribution < -0.4 is 5.32 Å². The summed E-state index contributed by atoms with van der Waals surface area (Å²) in [7, 11) is 0. The summed E-state index contributed by atoms with van der Waals surface area (Å²) in [6, 6.07) is 12.4. The van der Waals surface area contributed by atoms with Crippen molar-refractivity contribution >= 4 is 11.8 Å². The van der Waals surface area contributed by atoms with E-state index in [-0.39, 0.29) is 11.8 Å². The van der Waals surface area contributed by atoms with E-state index in [1.165, 1.54) is 0 Å². The Morgan fingerprint density at radius 1 is 1.00 bits per heavy atom. The van der Waals surface area contributed by atoms with E-state index in [0.29, 0.717) is 45.3 Å². The number of pyridine rings is 1. The maximum Gasteiger partial charge on any atom is 0.226 e. The Morgan fingerprint density at radius 3 is 2.18 bits per heavy atom. The second kappa shape index (κ2) is 9.00. The molecule has 2 heterocycles. The molecule has 0 radical (unpaired) electrons. The van der Waals surface area contributed by atoms with Crippen molar-refractivity contribution in [3.05, 3.63) is 54.4 Å². The molecule has 0 atom stereocenters. The Balaban J connectivity index is 1.77. The van der Waals surface area contributed by atoms with Crippen LogP contribution in [0.3, 0.4) is 0 Å². The van der Waals surface area contributed by atoms with E-state index in [0.717, 1.165) is 16.7 Å². The van der Waals surface area contributed by atoms with Gasteiger partial charge in [-0.2, -0.15) is 0 Å². The lowest BCUT2D eigenvalue weighted by Crippen LogP contribution is -2.51. The average Bonchev–Trinajstić information content (AvgIpc) is 2.75. The third-order valence-electron chi connectivity index (χ3n) is 5.70. The van der Waals surface area contributed by atoms with E-state index in [1.807, 2.05) is 30.9 Å². The van der Waals surface area contributed by atoms with Gasteiger partial charge in [0.05, 0.1) is 5.41 Å². The van der Waals surface area contributed by atoms with Gasteiger partial charge in [0.1, 0.15) is 0 Å². The fourth-order valence-corrected chi connectivity index (χ4v) is 3.99. The molecule has 1 aromatic carbocycles. The maximum absolute atomic E-state index is 12.9. The molecule has 1 N–H and O–H groups in total. The van der Waals surface area contributed by atoms with Gasteiger partial charge in [-0.25, -0.2) is 0 Å². The molecular weight excluding hydrogens is 350 g/mol. The summed E-state index contributed by atoms with van der Waals surface area (Å²) in [5.74, 6) is 0.281. The number of piperidine rings is 1. The molecule has 3 rings (SSSR count). The number of amides is 2. The van der Waals surface area contributed by atoms with Crippen molar-refractivity contribution in [2.24, 2.45) is 5.41 Å². The Kier molecular flexibility index (Phi) is 6.45. The predicted molar refractivity (Wildman–Crippen MR) is 111 cm³/mol. The van der Waals surface area contributed by atoms with Gasteiger partial charge in [0, 0.05) is 38.4 Å². The highest BCUT2D eigenvalue weighted by molar-refractivity contribution is 5.84. The zero-order chi connectivity index (χ0) is 20.0. The predicted octanol–water partition coefficient (Wildman–Crippen LogP) is 3.45. The first-order chi connectivity index (χ1) is 13.6. The average molecular weight is 380 g/mol. The van der Waals surface area contributed by atoms with Crippen LogP contribution in [0, 0.1) is 5.41 Å². The summed E-state index contributed by atoms with van der Waals surface area (Å²) in [6.45, 7) is 5.76. The van der Waals surface area contributed by atoms with Crippen LogP contribution >= 0.6 is 0 Å². The van der Waals surface area contributed by atoms with Crippen molar-refractivity contribution in [1.29, 1.82) is 0 Å². The minimum atomic E-state index is -0.446. The zero-order valence-electron chi connectivity index (χ0n) is 16.8. The quantitative estimate of drug-likeness (QED) is 0.836. The van der Waals surface area contributed by atoms with Crippen LogP contribution in [-0.4, -0.2) is 41.3 Å². The second-order valence-corrected chi connectivity index (χ2v) is 7.48. The maximum atomic E-state index is 12.9. The molecule has 0 bridgehead atoms. The number of carbonyl (C=O) groups excluding carboxylic acids is 2. The highest BCUT2D eigenvalue weighted by Gasteiger charge is 2.41. The number of benzene rings is 1. The van der Waals surface area contributed by atoms with Crippen LogP contribution in [0.2, 0.25) is 0 Å². The van der Waals surface area contributed by atoms with E-state index >= 15 is 0 Å². The van der Waals surface area contributed by atoms with Crippen molar-refractivity contribution in [3.8, 4) is 11.1 Å². The number of likely N-dealkylation sites (tertiary alicyclic amines) is 1. The monoisotopic (exact) mass is 379 g/mol. The van der Waals surface area contributed by atoms with Gasteiger partial charge < -0.3 is 10.2 Å². The van der Waals surface area contributed by atoms with Crippen LogP contribution in [-0.2, 0) is 16.0 Å². The second-order valence-electron chi connectivity index (χ2n) is 7.48. The topological polar surface area (TPSA) is 62.3 Å². The van der Waals surface area contributed by atoms with Crippen LogP contribution in [0.1, 0.15) is 38.7 Å². The number of nitrogens with zero attached hydrogens (tertiary/aromatic N) is 2. The minimum absolute atomic E-state index is 0.108. The summed E-state index contributed by atoms with van der Waals surface area (Å²) in [4.78, 5) is 30.9. The Labute approximate surface area is 167 Å². The van der Waals surface area contributed by atoms with Crippen molar-refractivity contribution < 1.29 is 9.59 Å².